The van der Waals surface area contributed by atoms with Gasteiger partial charge in [-0.1, -0.05) is 29.8 Å². The molecule has 9 heteroatoms. The second-order valence-corrected chi connectivity index (χ2v) is 11.2. The fourth-order valence-electron chi connectivity index (χ4n) is 4.63. The lowest BCUT2D eigenvalue weighted by molar-refractivity contribution is -0.130. The molecule has 0 atom stereocenters. The molecular weight excluding hydrogens is 494 g/mol. The second kappa shape index (κ2) is 10.4. The highest BCUT2D eigenvalue weighted by molar-refractivity contribution is 7.13. The summed E-state index contributed by atoms with van der Waals surface area (Å²) in [5.74, 6) is 0.813. The number of hydrogen-bond acceptors (Lipinski definition) is 5. The molecular formula is C27H32ClN5O2S. The molecule has 2 fully saturated rings. The third-order valence-electron chi connectivity index (χ3n) is 7.12. The Balaban J connectivity index is 1.38. The van der Waals surface area contributed by atoms with Crippen molar-refractivity contribution in [3.63, 3.8) is 0 Å². The molecule has 0 N–H and O–H groups in total. The van der Waals surface area contributed by atoms with Crippen molar-refractivity contribution in [3.8, 4) is 22.0 Å². The first-order valence-electron chi connectivity index (χ1n) is 12.4. The zero-order valence-electron chi connectivity index (χ0n) is 21.0. The quantitative estimate of drug-likeness (QED) is 0.456. The SMILES string of the molecule is Cc1c(C(=O)N2CCN(CC(=O)N(C)C)CC2)cc(-c2csc(-c3ccccc3Cl)n2)n1CC1CC1. The van der Waals surface area contributed by atoms with Gasteiger partial charge in [-0.25, -0.2) is 4.98 Å². The second-order valence-electron chi connectivity index (χ2n) is 9.96. The molecule has 7 nitrogen and oxygen atoms in total. The number of benzene rings is 1. The van der Waals surface area contributed by atoms with Gasteiger partial charge < -0.3 is 14.4 Å². The largest absolute Gasteiger partial charge is 0.348 e. The monoisotopic (exact) mass is 525 g/mol. The van der Waals surface area contributed by atoms with Crippen LogP contribution in [0, 0.1) is 12.8 Å². The van der Waals surface area contributed by atoms with Crippen LogP contribution in [0.25, 0.3) is 22.0 Å². The van der Waals surface area contributed by atoms with Gasteiger partial charge in [-0.15, -0.1) is 11.3 Å². The maximum Gasteiger partial charge on any atom is 0.255 e. The Morgan fingerprint density at radius 1 is 1.14 bits per heavy atom. The van der Waals surface area contributed by atoms with E-state index in [2.05, 4.69) is 14.8 Å². The molecule has 1 aliphatic carbocycles. The van der Waals surface area contributed by atoms with E-state index in [1.54, 1.807) is 30.3 Å². The van der Waals surface area contributed by atoms with Crippen molar-refractivity contribution < 1.29 is 9.59 Å². The van der Waals surface area contributed by atoms with Crippen molar-refractivity contribution in [2.75, 3.05) is 46.8 Å². The van der Waals surface area contributed by atoms with E-state index in [1.165, 1.54) is 12.8 Å². The molecule has 2 aromatic heterocycles. The maximum atomic E-state index is 13.6. The maximum absolute atomic E-state index is 13.6. The Kier molecular flexibility index (Phi) is 7.19. The van der Waals surface area contributed by atoms with Crippen LogP contribution in [-0.2, 0) is 11.3 Å². The summed E-state index contributed by atoms with van der Waals surface area (Å²) < 4.78 is 2.28. The van der Waals surface area contributed by atoms with Gasteiger partial charge in [-0.2, -0.15) is 0 Å². The smallest absolute Gasteiger partial charge is 0.255 e. The molecule has 36 heavy (non-hydrogen) atoms. The number of likely N-dealkylation sites (N-methyl/N-ethyl adjacent to an activating group) is 1. The Morgan fingerprint density at radius 3 is 2.53 bits per heavy atom. The van der Waals surface area contributed by atoms with Gasteiger partial charge in [-0.05, 0) is 37.8 Å². The summed E-state index contributed by atoms with van der Waals surface area (Å²) in [7, 11) is 3.54. The first-order chi connectivity index (χ1) is 17.3. The number of carbonyl (C=O) groups excluding carboxylic acids is 2. The fourth-order valence-corrected chi connectivity index (χ4v) is 5.76. The van der Waals surface area contributed by atoms with Gasteiger partial charge in [0, 0.05) is 63.5 Å². The highest BCUT2D eigenvalue weighted by atomic mass is 35.5. The van der Waals surface area contributed by atoms with Crippen LogP contribution in [0.4, 0.5) is 0 Å². The number of rotatable bonds is 7. The van der Waals surface area contributed by atoms with Crippen LogP contribution in [0.1, 0.15) is 28.9 Å². The van der Waals surface area contributed by atoms with Gasteiger partial charge in [0.15, 0.2) is 0 Å². The van der Waals surface area contributed by atoms with Gasteiger partial charge in [0.2, 0.25) is 5.91 Å². The van der Waals surface area contributed by atoms with Crippen LogP contribution >= 0.6 is 22.9 Å². The Morgan fingerprint density at radius 2 is 1.86 bits per heavy atom. The molecule has 5 rings (SSSR count). The third kappa shape index (κ3) is 5.21. The number of thiazole rings is 1. The number of piperazine rings is 1. The molecule has 0 unspecified atom stereocenters. The van der Waals surface area contributed by atoms with E-state index in [1.807, 2.05) is 42.2 Å². The van der Waals surface area contributed by atoms with Gasteiger partial charge in [0.1, 0.15) is 5.01 Å². The molecule has 0 spiro atoms. The molecule has 1 saturated heterocycles. The van der Waals surface area contributed by atoms with E-state index in [-0.39, 0.29) is 11.8 Å². The van der Waals surface area contributed by atoms with Gasteiger partial charge in [0.25, 0.3) is 5.91 Å². The van der Waals surface area contributed by atoms with E-state index in [9.17, 15) is 9.59 Å². The number of halogens is 1. The molecule has 2 amide bonds. The van der Waals surface area contributed by atoms with Crippen LogP contribution in [0.5, 0.6) is 0 Å². The third-order valence-corrected chi connectivity index (χ3v) is 8.33. The minimum Gasteiger partial charge on any atom is -0.348 e. The summed E-state index contributed by atoms with van der Waals surface area (Å²) in [4.78, 5) is 36.2. The summed E-state index contributed by atoms with van der Waals surface area (Å²) in [5.41, 5.74) is 4.54. The lowest BCUT2D eigenvalue weighted by Crippen LogP contribution is -2.51. The highest BCUT2D eigenvalue weighted by Crippen LogP contribution is 2.37. The molecule has 1 saturated carbocycles. The average Bonchev–Trinajstić information content (AvgIpc) is 3.46. The first kappa shape index (κ1) is 25.0. The normalized spacial score (nSPS) is 16.4. The van der Waals surface area contributed by atoms with Crippen LogP contribution in [-0.4, -0.2) is 82.9 Å². The molecule has 3 aromatic rings. The topological polar surface area (TPSA) is 61.7 Å². The predicted octanol–water partition coefficient (Wildman–Crippen LogP) is 4.50. The summed E-state index contributed by atoms with van der Waals surface area (Å²) in [6, 6.07) is 9.77. The lowest BCUT2D eigenvalue weighted by atomic mass is 10.2. The average molecular weight is 526 g/mol. The van der Waals surface area contributed by atoms with Crippen molar-refractivity contribution in [1.82, 2.24) is 24.3 Å². The molecule has 0 radical (unpaired) electrons. The van der Waals surface area contributed by atoms with Crippen LogP contribution in [0.2, 0.25) is 5.02 Å². The van der Waals surface area contributed by atoms with E-state index < -0.39 is 0 Å². The Hall–Kier alpha value is -2.68. The van der Waals surface area contributed by atoms with E-state index in [0.717, 1.165) is 39.8 Å². The van der Waals surface area contributed by atoms with E-state index >= 15 is 0 Å². The van der Waals surface area contributed by atoms with E-state index in [4.69, 9.17) is 16.6 Å². The number of nitrogens with zero attached hydrogens (tertiary/aromatic N) is 5. The first-order valence-corrected chi connectivity index (χ1v) is 13.7. The summed E-state index contributed by atoms with van der Waals surface area (Å²) >= 11 is 7.99. The molecule has 1 aliphatic heterocycles. The molecule has 0 bridgehead atoms. The Bertz CT molecular complexity index is 1270. The summed E-state index contributed by atoms with van der Waals surface area (Å²) in [6.07, 6.45) is 2.46. The zero-order chi connectivity index (χ0) is 25.4. The van der Waals surface area contributed by atoms with Crippen molar-refractivity contribution in [3.05, 3.63) is 52.0 Å². The standard InChI is InChI=1S/C27H32ClN5O2S/c1-18-21(27(35)32-12-10-31(11-13-32)16-25(34)30(2)3)14-24(33(18)15-19-8-9-19)23-17-36-26(29-23)20-6-4-5-7-22(20)28/h4-7,14,17,19H,8-13,15-16H2,1-3H3. The van der Waals surface area contributed by atoms with Gasteiger partial charge >= 0.3 is 0 Å². The minimum absolute atomic E-state index is 0.0587. The number of hydrogen-bond donors (Lipinski definition) is 0. The molecule has 1 aromatic carbocycles. The number of amides is 2. The minimum atomic E-state index is 0.0587. The number of aromatic nitrogens is 2. The summed E-state index contributed by atoms with van der Waals surface area (Å²) in [5, 5.41) is 3.62. The van der Waals surface area contributed by atoms with Crippen molar-refractivity contribution in [2.45, 2.75) is 26.3 Å². The van der Waals surface area contributed by atoms with Crippen molar-refractivity contribution in [1.29, 1.82) is 0 Å². The van der Waals surface area contributed by atoms with Crippen LogP contribution in [0.15, 0.2) is 35.7 Å². The summed E-state index contributed by atoms with van der Waals surface area (Å²) in [6.45, 7) is 6.00. The van der Waals surface area contributed by atoms with Gasteiger partial charge in [0.05, 0.1) is 28.5 Å². The van der Waals surface area contributed by atoms with Gasteiger partial charge in [-0.3, -0.25) is 14.5 Å². The van der Waals surface area contributed by atoms with Crippen LogP contribution < -0.4 is 0 Å². The predicted molar refractivity (Wildman–Crippen MR) is 144 cm³/mol. The molecule has 190 valence electrons. The molecule has 3 heterocycles. The van der Waals surface area contributed by atoms with E-state index in [0.29, 0.717) is 43.7 Å². The molecule has 2 aliphatic rings. The van der Waals surface area contributed by atoms with Crippen LogP contribution in [0.3, 0.4) is 0 Å². The fraction of sp³-hybridized carbons (Fsp3) is 0.444. The zero-order valence-corrected chi connectivity index (χ0v) is 22.6. The Labute approximate surface area is 221 Å². The number of carbonyl (C=O) groups is 2. The highest BCUT2D eigenvalue weighted by Gasteiger charge is 2.30. The van der Waals surface area contributed by atoms with Crippen molar-refractivity contribution >= 4 is 34.8 Å². The van der Waals surface area contributed by atoms with Crippen molar-refractivity contribution in [2.24, 2.45) is 5.92 Å². The lowest BCUT2D eigenvalue weighted by Gasteiger charge is -2.34.